The quantitative estimate of drug-likeness (QED) is 0.708. The standard InChI is InChI=1S/C16H28N4O3S2/c1-4-14-12(2)24-16(18-14)19-15(21)11-20-10-6-5-7-13(20)8-9-17-25(3,22)23/h13,17H,4-11H2,1-3H3,(H,18,19,21). The summed E-state index contributed by atoms with van der Waals surface area (Å²) in [7, 11) is -3.17. The normalized spacial score (nSPS) is 19.1. The summed E-state index contributed by atoms with van der Waals surface area (Å²) in [5.41, 5.74) is 1.03. The van der Waals surface area contributed by atoms with Crippen molar-refractivity contribution >= 4 is 32.4 Å². The van der Waals surface area contributed by atoms with Crippen LogP contribution in [0.4, 0.5) is 5.13 Å². The van der Waals surface area contributed by atoms with Crippen LogP contribution >= 0.6 is 11.3 Å². The fourth-order valence-corrected chi connectivity index (χ4v) is 4.57. The number of sulfonamides is 1. The topological polar surface area (TPSA) is 91.4 Å². The van der Waals surface area contributed by atoms with Gasteiger partial charge in [0, 0.05) is 17.5 Å². The molecule has 1 aromatic heterocycles. The maximum Gasteiger partial charge on any atom is 0.240 e. The van der Waals surface area contributed by atoms with Crippen LogP contribution in [0.5, 0.6) is 0 Å². The van der Waals surface area contributed by atoms with Gasteiger partial charge in [0.15, 0.2) is 5.13 Å². The fraction of sp³-hybridized carbons (Fsp3) is 0.750. The Morgan fingerprint density at radius 3 is 2.80 bits per heavy atom. The van der Waals surface area contributed by atoms with Crippen molar-refractivity contribution in [1.82, 2.24) is 14.6 Å². The van der Waals surface area contributed by atoms with Crippen molar-refractivity contribution in [1.29, 1.82) is 0 Å². The Labute approximate surface area is 154 Å². The Bertz CT molecular complexity index is 688. The highest BCUT2D eigenvalue weighted by atomic mass is 32.2. The zero-order chi connectivity index (χ0) is 18.4. The first-order valence-corrected chi connectivity index (χ1v) is 11.4. The van der Waals surface area contributed by atoms with Gasteiger partial charge in [-0.05, 0) is 39.2 Å². The van der Waals surface area contributed by atoms with Crippen molar-refractivity contribution in [3.8, 4) is 0 Å². The van der Waals surface area contributed by atoms with Crippen molar-refractivity contribution in [3.05, 3.63) is 10.6 Å². The summed E-state index contributed by atoms with van der Waals surface area (Å²) < 4.78 is 24.9. The monoisotopic (exact) mass is 388 g/mol. The summed E-state index contributed by atoms with van der Waals surface area (Å²) in [6.45, 7) is 5.67. The van der Waals surface area contributed by atoms with Gasteiger partial charge in [-0.3, -0.25) is 9.69 Å². The van der Waals surface area contributed by atoms with Crippen LogP contribution in [0.3, 0.4) is 0 Å². The molecule has 0 radical (unpaired) electrons. The summed E-state index contributed by atoms with van der Waals surface area (Å²) in [4.78, 5) is 20.1. The lowest BCUT2D eigenvalue weighted by Gasteiger charge is -2.35. The molecule has 0 saturated carbocycles. The van der Waals surface area contributed by atoms with Gasteiger partial charge in [0.2, 0.25) is 15.9 Å². The zero-order valence-corrected chi connectivity index (χ0v) is 16.8. The second-order valence-electron chi connectivity index (χ2n) is 6.50. The molecule has 1 aromatic rings. The van der Waals surface area contributed by atoms with E-state index in [1.165, 1.54) is 17.6 Å². The molecule has 2 heterocycles. The molecule has 9 heteroatoms. The molecule has 1 aliphatic rings. The van der Waals surface area contributed by atoms with Gasteiger partial charge in [0.1, 0.15) is 0 Å². The van der Waals surface area contributed by atoms with E-state index in [9.17, 15) is 13.2 Å². The molecule has 1 fully saturated rings. The Hall–Kier alpha value is -1.03. The molecule has 0 aromatic carbocycles. The number of aryl methyl sites for hydroxylation is 2. The van der Waals surface area contributed by atoms with Crippen molar-refractivity contribution in [3.63, 3.8) is 0 Å². The third kappa shape index (κ3) is 6.65. The number of carbonyl (C=O) groups excluding carboxylic acids is 1. The number of anilines is 1. The van der Waals surface area contributed by atoms with Crippen LogP contribution in [-0.2, 0) is 21.2 Å². The highest BCUT2D eigenvalue weighted by Crippen LogP contribution is 2.23. The number of hydrogen-bond donors (Lipinski definition) is 2. The van der Waals surface area contributed by atoms with Crippen LogP contribution in [0.2, 0.25) is 0 Å². The van der Waals surface area contributed by atoms with E-state index >= 15 is 0 Å². The molecule has 0 aliphatic carbocycles. The largest absolute Gasteiger partial charge is 0.301 e. The third-order valence-electron chi connectivity index (χ3n) is 4.41. The van der Waals surface area contributed by atoms with Gasteiger partial charge in [-0.1, -0.05) is 13.3 Å². The Kier molecular flexibility index (Phi) is 7.36. The van der Waals surface area contributed by atoms with E-state index in [4.69, 9.17) is 0 Å². The lowest BCUT2D eigenvalue weighted by atomic mass is 9.99. The summed E-state index contributed by atoms with van der Waals surface area (Å²) in [5.74, 6) is -0.0561. The molecule has 1 amide bonds. The van der Waals surface area contributed by atoms with Gasteiger partial charge in [-0.15, -0.1) is 11.3 Å². The summed E-state index contributed by atoms with van der Waals surface area (Å²) in [5, 5.41) is 3.56. The SMILES string of the molecule is CCc1nc(NC(=O)CN2CCCCC2CCNS(C)(=O)=O)sc1C. The molecule has 1 atom stereocenters. The molecule has 2 N–H and O–H groups in total. The average molecular weight is 389 g/mol. The number of piperidine rings is 1. The molecule has 1 saturated heterocycles. The van der Waals surface area contributed by atoms with E-state index in [1.54, 1.807) is 0 Å². The molecular weight excluding hydrogens is 360 g/mol. The molecule has 1 unspecified atom stereocenters. The van der Waals surface area contributed by atoms with E-state index in [-0.39, 0.29) is 11.9 Å². The van der Waals surface area contributed by atoms with Gasteiger partial charge in [-0.25, -0.2) is 18.1 Å². The van der Waals surface area contributed by atoms with E-state index in [0.717, 1.165) is 49.2 Å². The number of nitrogens with one attached hydrogen (secondary N) is 2. The van der Waals surface area contributed by atoms with Gasteiger partial charge in [0.25, 0.3) is 0 Å². The summed E-state index contributed by atoms with van der Waals surface area (Å²) in [6, 6.07) is 0.234. The lowest BCUT2D eigenvalue weighted by Crippen LogP contribution is -2.45. The third-order valence-corrected chi connectivity index (χ3v) is 6.07. The number of hydrogen-bond acceptors (Lipinski definition) is 6. The van der Waals surface area contributed by atoms with Crippen molar-refractivity contribution < 1.29 is 13.2 Å². The van der Waals surface area contributed by atoms with E-state index in [2.05, 4.69) is 26.8 Å². The second-order valence-corrected chi connectivity index (χ2v) is 9.54. The highest BCUT2D eigenvalue weighted by molar-refractivity contribution is 7.88. The molecular formula is C16H28N4O3S2. The maximum atomic E-state index is 12.4. The van der Waals surface area contributed by atoms with Gasteiger partial charge in [-0.2, -0.15) is 0 Å². The van der Waals surface area contributed by atoms with Crippen LogP contribution in [0.1, 0.15) is 43.2 Å². The van der Waals surface area contributed by atoms with E-state index in [0.29, 0.717) is 18.2 Å². The Morgan fingerprint density at radius 1 is 1.40 bits per heavy atom. The summed E-state index contributed by atoms with van der Waals surface area (Å²) in [6.07, 6.45) is 5.93. The van der Waals surface area contributed by atoms with Gasteiger partial charge >= 0.3 is 0 Å². The minimum atomic E-state index is -3.17. The molecule has 0 spiro atoms. The van der Waals surface area contributed by atoms with Crippen LogP contribution in [0.25, 0.3) is 0 Å². The first-order chi connectivity index (χ1) is 11.8. The number of thiazole rings is 1. The number of amides is 1. The number of aromatic nitrogens is 1. The Morgan fingerprint density at radius 2 is 2.16 bits per heavy atom. The van der Waals surface area contributed by atoms with Crippen molar-refractivity contribution in [2.75, 3.05) is 31.2 Å². The number of likely N-dealkylation sites (tertiary alicyclic amines) is 1. The highest BCUT2D eigenvalue weighted by Gasteiger charge is 2.24. The molecule has 1 aliphatic heterocycles. The minimum Gasteiger partial charge on any atom is -0.301 e. The lowest BCUT2D eigenvalue weighted by molar-refractivity contribution is -0.118. The first kappa shape index (κ1) is 20.3. The second kappa shape index (κ2) is 9.07. The van der Waals surface area contributed by atoms with Crippen LogP contribution < -0.4 is 10.0 Å². The first-order valence-electron chi connectivity index (χ1n) is 8.73. The average Bonchev–Trinajstić information content (AvgIpc) is 2.87. The van der Waals surface area contributed by atoms with Crippen LogP contribution in [-0.4, -0.2) is 56.1 Å². The zero-order valence-electron chi connectivity index (χ0n) is 15.2. The molecule has 142 valence electrons. The Balaban J connectivity index is 1.87. The maximum absolute atomic E-state index is 12.4. The number of carbonyl (C=O) groups is 1. The fourth-order valence-electron chi connectivity index (χ4n) is 3.16. The summed E-state index contributed by atoms with van der Waals surface area (Å²) >= 11 is 1.51. The van der Waals surface area contributed by atoms with Gasteiger partial charge in [0.05, 0.1) is 18.5 Å². The smallest absolute Gasteiger partial charge is 0.240 e. The minimum absolute atomic E-state index is 0.0561. The van der Waals surface area contributed by atoms with E-state index < -0.39 is 10.0 Å². The molecule has 25 heavy (non-hydrogen) atoms. The van der Waals surface area contributed by atoms with E-state index in [1.807, 2.05) is 6.92 Å². The van der Waals surface area contributed by atoms with Crippen molar-refractivity contribution in [2.45, 2.75) is 52.0 Å². The number of nitrogens with zero attached hydrogens (tertiary/aromatic N) is 2. The molecule has 7 nitrogen and oxygen atoms in total. The van der Waals surface area contributed by atoms with Gasteiger partial charge < -0.3 is 5.32 Å². The van der Waals surface area contributed by atoms with Crippen LogP contribution in [0, 0.1) is 6.92 Å². The number of rotatable bonds is 8. The van der Waals surface area contributed by atoms with Crippen molar-refractivity contribution in [2.24, 2.45) is 0 Å². The predicted molar refractivity (Wildman–Crippen MR) is 102 cm³/mol. The van der Waals surface area contributed by atoms with Crippen LogP contribution in [0.15, 0.2) is 0 Å². The molecule has 0 bridgehead atoms. The predicted octanol–water partition coefficient (Wildman–Crippen LogP) is 1.75. The molecule has 2 rings (SSSR count).